The second kappa shape index (κ2) is 4.56. The molecular weight excluding hydrogens is 202 g/mol. The Bertz CT molecular complexity index is 436. The standard InChI is InChI=1S/C13H19NO2/c1-7-8(2)10(4)12(16-6)11(9(7)3)13(15)14-5/h1-6H3,(H,14,15). The fraction of sp³-hybridized carbons (Fsp3) is 0.462. The van der Waals surface area contributed by atoms with Crippen LogP contribution >= 0.6 is 0 Å². The van der Waals surface area contributed by atoms with Crippen molar-refractivity contribution >= 4 is 5.91 Å². The van der Waals surface area contributed by atoms with Crippen LogP contribution in [-0.2, 0) is 0 Å². The number of nitrogens with one attached hydrogen (secondary N) is 1. The number of carbonyl (C=O) groups excluding carboxylic acids is 1. The molecule has 3 heteroatoms. The first-order valence-electron chi connectivity index (χ1n) is 5.32. The van der Waals surface area contributed by atoms with Crippen LogP contribution in [-0.4, -0.2) is 20.1 Å². The third-order valence-corrected chi connectivity index (χ3v) is 3.29. The molecule has 1 amide bonds. The summed E-state index contributed by atoms with van der Waals surface area (Å²) in [5, 5.41) is 2.65. The molecule has 3 nitrogen and oxygen atoms in total. The van der Waals surface area contributed by atoms with Gasteiger partial charge in [-0.1, -0.05) is 0 Å². The predicted molar refractivity (Wildman–Crippen MR) is 65.3 cm³/mol. The minimum absolute atomic E-state index is 0.0967. The summed E-state index contributed by atoms with van der Waals surface area (Å²) in [6.45, 7) is 8.01. The van der Waals surface area contributed by atoms with Gasteiger partial charge in [0.05, 0.1) is 12.7 Å². The number of amides is 1. The molecule has 16 heavy (non-hydrogen) atoms. The smallest absolute Gasteiger partial charge is 0.255 e. The quantitative estimate of drug-likeness (QED) is 0.832. The summed E-state index contributed by atoms with van der Waals surface area (Å²) in [5.41, 5.74) is 4.99. The third-order valence-electron chi connectivity index (χ3n) is 3.29. The van der Waals surface area contributed by atoms with Crippen LogP contribution in [0.4, 0.5) is 0 Å². The average molecular weight is 221 g/mol. The van der Waals surface area contributed by atoms with Crippen LogP contribution in [0.5, 0.6) is 5.75 Å². The number of rotatable bonds is 2. The van der Waals surface area contributed by atoms with Crippen LogP contribution in [0.15, 0.2) is 0 Å². The Balaban J connectivity index is 3.64. The maximum absolute atomic E-state index is 11.8. The van der Waals surface area contributed by atoms with E-state index in [1.807, 2.05) is 27.7 Å². The van der Waals surface area contributed by atoms with Crippen molar-refractivity contribution in [1.29, 1.82) is 0 Å². The Kier molecular flexibility index (Phi) is 3.58. The number of carbonyl (C=O) groups is 1. The largest absolute Gasteiger partial charge is 0.496 e. The molecule has 0 radical (unpaired) electrons. The molecule has 0 fully saturated rings. The molecule has 0 saturated heterocycles. The van der Waals surface area contributed by atoms with E-state index in [2.05, 4.69) is 5.32 Å². The predicted octanol–water partition coefficient (Wildman–Crippen LogP) is 2.29. The molecule has 1 N–H and O–H groups in total. The van der Waals surface area contributed by atoms with E-state index in [9.17, 15) is 4.79 Å². The summed E-state index contributed by atoms with van der Waals surface area (Å²) in [5.74, 6) is 0.584. The monoisotopic (exact) mass is 221 g/mol. The first-order valence-corrected chi connectivity index (χ1v) is 5.32. The zero-order valence-electron chi connectivity index (χ0n) is 10.8. The zero-order chi connectivity index (χ0) is 12.5. The van der Waals surface area contributed by atoms with Gasteiger partial charge in [-0.3, -0.25) is 4.79 Å². The molecule has 1 rings (SSSR count). The number of methoxy groups -OCH3 is 1. The van der Waals surface area contributed by atoms with Crippen LogP contribution in [0.1, 0.15) is 32.6 Å². The van der Waals surface area contributed by atoms with Crippen LogP contribution in [0.25, 0.3) is 0 Å². The lowest BCUT2D eigenvalue weighted by Gasteiger charge is -2.18. The maximum Gasteiger partial charge on any atom is 0.255 e. The third kappa shape index (κ3) is 1.77. The van der Waals surface area contributed by atoms with Crippen molar-refractivity contribution in [2.24, 2.45) is 0 Å². The van der Waals surface area contributed by atoms with E-state index in [0.29, 0.717) is 11.3 Å². The van der Waals surface area contributed by atoms with E-state index in [0.717, 1.165) is 16.7 Å². The fourth-order valence-corrected chi connectivity index (χ4v) is 1.93. The highest BCUT2D eigenvalue weighted by atomic mass is 16.5. The van der Waals surface area contributed by atoms with E-state index in [1.165, 1.54) is 5.56 Å². The van der Waals surface area contributed by atoms with Gasteiger partial charge in [0.2, 0.25) is 0 Å². The van der Waals surface area contributed by atoms with Gasteiger partial charge in [0.15, 0.2) is 0 Å². The lowest BCUT2D eigenvalue weighted by Crippen LogP contribution is -2.21. The normalized spacial score (nSPS) is 10.1. The van der Waals surface area contributed by atoms with Crippen molar-refractivity contribution in [3.63, 3.8) is 0 Å². The van der Waals surface area contributed by atoms with Crippen molar-refractivity contribution in [3.05, 3.63) is 27.8 Å². The number of hydrogen-bond donors (Lipinski definition) is 1. The summed E-state index contributed by atoms with van der Waals surface area (Å²) in [6, 6.07) is 0. The molecule has 0 heterocycles. The summed E-state index contributed by atoms with van der Waals surface area (Å²) >= 11 is 0. The molecular formula is C13H19NO2. The van der Waals surface area contributed by atoms with Crippen molar-refractivity contribution in [2.75, 3.05) is 14.2 Å². The van der Waals surface area contributed by atoms with Gasteiger partial charge in [-0.15, -0.1) is 0 Å². The molecule has 0 bridgehead atoms. The highest BCUT2D eigenvalue weighted by Gasteiger charge is 2.20. The number of benzene rings is 1. The van der Waals surface area contributed by atoms with E-state index in [-0.39, 0.29) is 5.91 Å². The molecule has 0 spiro atoms. The number of hydrogen-bond acceptors (Lipinski definition) is 2. The number of ether oxygens (including phenoxy) is 1. The highest BCUT2D eigenvalue weighted by Crippen LogP contribution is 2.32. The van der Waals surface area contributed by atoms with Gasteiger partial charge in [0, 0.05) is 7.05 Å². The Labute approximate surface area is 96.8 Å². The van der Waals surface area contributed by atoms with Gasteiger partial charge in [-0.2, -0.15) is 0 Å². The van der Waals surface area contributed by atoms with Crippen LogP contribution in [0.2, 0.25) is 0 Å². The second-order valence-electron chi connectivity index (χ2n) is 3.99. The molecule has 0 aromatic heterocycles. The van der Waals surface area contributed by atoms with Gasteiger partial charge in [0.1, 0.15) is 5.75 Å². The van der Waals surface area contributed by atoms with E-state index < -0.39 is 0 Å². The first-order chi connectivity index (χ1) is 7.45. The Morgan fingerprint density at radius 2 is 1.50 bits per heavy atom. The van der Waals surface area contributed by atoms with Gasteiger partial charge in [-0.05, 0) is 49.9 Å². The highest BCUT2D eigenvalue weighted by molar-refractivity contribution is 5.99. The zero-order valence-corrected chi connectivity index (χ0v) is 10.8. The van der Waals surface area contributed by atoms with Crippen molar-refractivity contribution in [3.8, 4) is 5.75 Å². The Hall–Kier alpha value is -1.51. The summed E-state index contributed by atoms with van der Waals surface area (Å²) < 4.78 is 5.35. The minimum atomic E-state index is -0.0967. The van der Waals surface area contributed by atoms with E-state index in [4.69, 9.17) is 4.74 Å². The van der Waals surface area contributed by atoms with Crippen LogP contribution in [0.3, 0.4) is 0 Å². The van der Waals surface area contributed by atoms with Crippen LogP contribution < -0.4 is 10.1 Å². The molecule has 0 aliphatic carbocycles. The fourth-order valence-electron chi connectivity index (χ4n) is 1.93. The molecule has 0 aliphatic rings. The van der Waals surface area contributed by atoms with E-state index in [1.54, 1.807) is 14.2 Å². The summed E-state index contributed by atoms with van der Waals surface area (Å²) in [4.78, 5) is 11.8. The maximum atomic E-state index is 11.8. The van der Waals surface area contributed by atoms with Gasteiger partial charge in [-0.25, -0.2) is 0 Å². The molecule has 1 aromatic carbocycles. The molecule has 0 unspecified atom stereocenters. The lowest BCUT2D eigenvalue weighted by molar-refractivity contribution is 0.0959. The van der Waals surface area contributed by atoms with Crippen molar-refractivity contribution in [2.45, 2.75) is 27.7 Å². The Morgan fingerprint density at radius 3 is 1.94 bits per heavy atom. The summed E-state index contributed by atoms with van der Waals surface area (Å²) in [7, 11) is 3.23. The molecule has 0 atom stereocenters. The second-order valence-corrected chi connectivity index (χ2v) is 3.99. The van der Waals surface area contributed by atoms with Gasteiger partial charge < -0.3 is 10.1 Å². The SMILES string of the molecule is CNC(=O)c1c(C)c(C)c(C)c(C)c1OC. The topological polar surface area (TPSA) is 38.3 Å². The molecule has 1 aromatic rings. The molecule has 0 aliphatic heterocycles. The van der Waals surface area contributed by atoms with Crippen molar-refractivity contribution < 1.29 is 9.53 Å². The molecule has 0 saturated carbocycles. The molecule has 88 valence electrons. The Morgan fingerprint density at radius 1 is 1.00 bits per heavy atom. The van der Waals surface area contributed by atoms with Gasteiger partial charge >= 0.3 is 0 Å². The van der Waals surface area contributed by atoms with Crippen molar-refractivity contribution in [1.82, 2.24) is 5.32 Å². The van der Waals surface area contributed by atoms with Crippen LogP contribution in [0, 0.1) is 27.7 Å². The first kappa shape index (κ1) is 12.6. The summed E-state index contributed by atoms with van der Waals surface area (Å²) in [6.07, 6.45) is 0. The lowest BCUT2D eigenvalue weighted by atomic mass is 9.93. The van der Waals surface area contributed by atoms with E-state index >= 15 is 0 Å². The average Bonchev–Trinajstić information content (AvgIpc) is 2.29. The van der Waals surface area contributed by atoms with Gasteiger partial charge in [0.25, 0.3) is 5.91 Å². The minimum Gasteiger partial charge on any atom is -0.496 e.